The van der Waals surface area contributed by atoms with Gasteiger partial charge in [0.05, 0.1) is 12.3 Å². The molecule has 2 aromatic carbocycles. The zero-order valence-electron chi connectivity index (χ0n) is 16.6. The van der Waals surface area contributed by atoms with Crippen molar-refractivity contribution in [3.05, 3.63) is 54.1 Å². The van der Waals surface area contributed by atoms with Crippen LogP contribution < -0.4 is 15.0 Å². The molecule has 0 saturated carbocycles. The van der Waals surface area contributed by atoms with Gasteiger partial charge in [-0.25, -0.2) is 0 Å². The molecule has 0 unspecified atom stereocenters. The normalized spacial score (nSPS) is 12.9. The summed E-state index contributed by atoms with van der Waals surface area (Å²) in [6, 6.07) is 15.5. The predicted octanol–water partition coefficient (Wildman–Crippen LogP) is 3.25. The van der Waals surface area contributed by atoms with Gasteiger partial charge in [0, 0.05) is 43.7 Å². The number of carbonyl (C=O) groups is 2. The van der Waals surface area contributed by atoms with Crippen LogP contribution in [0.3, 0.4) is 0 Å². The summed E-state index contributed by atoms with van der Waals surface area (Å²) >= 11 is 1.76. The lowest BCUT2D eigenvalue weighted by Crippen LogP contribution is -2.36. The maximum absolute atomic E-state index is 12.6. The van der Waals surface area contributed by atoms with Crippen LogP contribution in [0.4, 0.5) is 5.69 Å². The third-order valence-corrected chi connectivity index (χ3v) is 5.58. The van der Waals surface area contributed by atoms with Gasteiger partial charge < -0.3 is 19.7 Å². The van der Waals surface area contributed by atoms with Gasteiger partial charge in [0.2, 0.25) is 11.8 Å². The van der Waals surface area contributed by atoms with Crippen molar-refractivity contribution < 1.29 is 19.1 Å². The third kappa shape index (κ3) is 6.24. The highest BCUT2D eigenvalue weighted by Gasteiger charge is 2.22. The molecule has 0 saturated heterocycles. The summed E-state index contributed by atoms with van der Waals surface area (Å²) in [7, 11) is 1.63. The molecule has 0 aromatic heterocycles. The van der Waals surface area contributed by atoms with Crippen LogP contribution >= 0.6 is 11.8 Å². The molecule has 2 aromatic rings. The second-order valence-electron chi connectivity index (χ2n) is 6.63. The first kappa shape index (κ1) is 21.2. The van der Waals surface area contributed by atoms with Crippen molar-refractivity contribution in [1.82, 2.24) is 5.32 Å². The molecule has 1 N–H and O–H groups in total. The molecule has 1 aliphatic rings. The summed E-state index contributed by atoms with van der Waals surface area (Å²) in [5.74, 6) is 1.47. The van der Waals surface area contributed by atoms with E-state index in [1.807, 2.05) is 48.5 Å². The van der Waals surface area contributed by atoms with Gasteiger partial charge in [-0.1, -0.05) is 24.3 Å². The summed E-state index contributed by atoms with van der Waals surface area (Å²) in [5, 5.41) is 2.88. The van der Waals surface area contributed by atoms with Gasteiger partial charge in [-0.2, -0.15) is 0 Å². The Morgan fingerprint density at radius 3 is 2.83 bits per heavy atom. The number of rotatable bonds is 9. The Labute approximate surface area is 175 Å². The molecule has 1 heterocycles. The molecule has 0 fully saturated rings. The van der Waals surface area contributed by atoms with Crippen LogP contribution in [0.5, 0.6) is 5.75 Å². The van der Waals surface area contributed by atoms with Gasteiger partial charge in [0.25, 0.3) is 0 Å². The molecule has 0 atom stereocenters. The van der Waals surface area contributed by atoms with Crippen molar-refractivity contribution in [1.29, 1.82) is 0 Å². The van der Waals surface area contributed by atoms with E-state index in [1.165, 1.54) is 0 Å². The highest BCUT2D eigenvalue weighted by atomic mass is 32.2. The quantitative estimate of drug-likeness (QED) is 0.638. The first-order valence-electron chi connectivity index (χ1n) is 9.67. The summed E-state index contributed by atoms with van der Waals surface area (Å²) in [4.78, 5) is 27.7. The second kappa shape index (κ2) is 10.9. The topological polar surface area (TPSA) is 67.9 Å². The van der Waals surface area contributed by atoms with Crippen LogP contribution in [0.25, 0.3) is 0 Å². The van der Waals surface area contributed by atoms with Crippen molar-refractivity contribution in [2.45, 2.75) is 24.3 Å². The molecule has 3 rings (SSSR count). The minimum absolute atomic E-state index is 0.0126. The van der Waals surface area contributed by atoms with E-state index in [-0.39, 0.29) is 24.7 Å². The van der Waals surface area contributed by atoms with Crippen LogP contribution in [0, 0.1) is 0 Å². The Bertz CT molecular complexity index is 843. The highest BCUT2D eigenvalue weighted by molar-refractivity contribution is 7.99. The Morgan fingerprint density at radius 1 is 1.10 bits per heavy atom. The van der Waals surface area contributed by atoms with Gasteiger partial charge in [0.1, 0.15) is 12.4 Å². The lowest BCUT2D eigenvalue weighted by molar-refractivity contribution is -0.125. The van der Waals surface area contributed by atoms with Crippen LogP contribution in [0.1, 0.15) is 18.4 Å². The van der Waals surface area contributed by atoms with E-state index in [1.54, 1.807) is 23.8 Å². The van der Waals surface area contributed by atoms with Crippen molar-refractivity contribution in [2.24, 2.45) is 0 Å². The van der Waals surface area contributed by atoms with Gasteiger partial charge in [-0.05, 0) is 29.8 Å². The minimum Gasteiger partial charge on any atom is -0.491 e. The molecule has 2 amide bonds. The Balaban J connectivity index is 1.45. The fraction of sp³-hybridized carbons (Fsp3) is 0.364. The Kier molecular flexibility index (Phi) is 7.95. The molecule has 29 heavy (non-hydrogen) atoms. The number of carbonyl (C=O) groups excluding carboxylic acids is 2. The molecule has 1 aliphatic heterocycles. The van der Waals surface area contributed by atoms with E-state index in [9.17, 15) is 9.59 Å². The monoisotopic (exact) mass is 414 g/mol. The van der Waals surface area contributed by atoms with Crippen LogP contribution in [0.2, 0.25) is 0 Å². The van der Waals surface area contributed by atoms with Crippen LogP contribution in [-0.2, 0) is 20.9 Å². The smallest absolute Gasteiger partial charge is 0.227 e. The number of ether oxygens (including phenoxy) is 2. The SMILES string of the molecule is COCCOc1cccc(CNC(=O)CCC(=O)N2CCSc3ccccc32)c1. The number of nitrogens with zero attached hydrogens (tertiary/aromatic N) is 1. The number of hydrogen-bond donors (Lipinski definition) is 1. The first-order valence-corrected chi connectivity index (χ1v) is 10.7. The van der Waals surface area contributed by atoms with Gasteiger partial charge in [0.15, 0.2) is 0 Å². The highest BCUT2D eigenvalue weighted by Crippen LogP contribution is 2.34. The van der Waals surface area contributed by atoms with E-state index in [0.29, 0.717) is 26.3 Å². The number of thioether (sulfide) groups is 1. The number of anilines is 1. The van der Waals surface area contributed by atoms with Gasteiger partial charge in [-0.15, -0.1) is 11.8 Å². The molecule has 0 spiro atoms. The van der Waals surface area contributed by atoms with Crippen LogP contribution in [0.15, 0.2) is 53.4 Å². The number of methoxy groups -OCH3 is 1. The van der Waals surface area contributed by atoms with E-state index in [0.717, 1.165) is 27.6 Å². The number of amides is 2. The molecule has 6 nitrogen and oxygen atoms in total. The lowest BCUT2D eigenvalue weighted by atomic mass is 10.2. The number of hydrogen-bond acceptors (Lipinski definition) is 5. The first-order chi connectivity index (χ1) is 14.2. The van der Waals surface area contributed by atoms with E-state index >= 15 is 0 Å². The van der Waals surface area contributed by atoms with E-state index < -0.39 is 0 Å². The third-order valence-electron chi connectivity index (χ3n) is 4.54. The van der Waals surface area contributed by atoms with Gasteiger partial charge in [-0.3, -0.25) is 9.59 Å². The molecule has 0 aliphatic carbocycles. The summed E-state index contributed by atoms with van der Waals surface area (Å²) in [6.07, 6.45) is 0.375. The minimum atomic E-state index is -0.135. The number of para-hydroxylation sites is 1. The van der Waals surface area contributed by atoms with Crippen molar-refractivity contribution in [2.75, 3.05) is 37.5 Å². The molecule has 154 valence electrons. The molecule has 0 radical (unpaired) electrons. The average Bonchev–Trinajstić information content (AvgIpc) is 2.76. The van der Waals surface area contributed by atoms with Crippen molar-refractivity contribution >= 4 is 29.3 Å². The lowest BCUT2D eigenvalue weighted by Gasteiger charge is -2.29. The fourth-order valence-corrected chi connectivity index (χ4v) is 4.06. The molecule has 7 heteroatoms. The average molecular weight is 415 g/mol. The van der Waals surface area contributed by atoms with Crippen LogP contribution in [-0.4, -0.2) is 44.4 Å². The van der Waals surface area contributed by atoms with E-state index in [4.69, 9.17) is 9.47 Å². The molecular formula is C22H26N2O4S. The predicted molar refractivity (Wildman–Crippen MR) is 114 cm³/mol. The van der Waals surface area contributed by atoms with Crippen molar-refractivity contribution in [3.8, 4) is 5.75 Å². The zero-order valence-corrected chi connectivity index (χ0v) is 17.4. The van der Waals surface area contributed by atoms with Crippen molar-refractivity contribution in [3.63, 3.8) is 0 Å². The van der Waals surface area contributed by atoms with E-state index in [2.05, 4.69) is 5.32 Å². The number of fused-ring (bicyclic) bond motifs is 1. The summed E-state index contributed by atoms with van der Waals surface area (Å²) in [5.41, 5.74) is 1.89. The number of benzene rings is 2. The van der Waals surface area contributed by atoms with Gasteiger partial charge >= 0.3 is 0 Å². The maximum atomic E-state index is 12.6. The second-order valence-corrected chi connectivity index (χ2v) is 7.76. The largest absolute Gasteiger partial charge is 0.491 e. The summed E-state index contributed by atoms with van der Waals surface area (Å²) < 4.78 is 10.5. The molecular weight excluding hydrogens is 388 g/mol. The zero-order chi connectivity index (χ0) is 20.5. The summed E-state index contributed by atoms with van der Waals surface area (Å²) in [6.45, 7) is 2.08. The number of nitrogens with one attached hydrogen (secondary N) is 1. The maximum Gasteiger partial charge on any atom is 0.227 e. The fourth-order valence-electron chi connectivity index (χ4n) is 3.06. The standard InChI is InChI=1S/C22H26N2O4S/c1-27-12-13-28-18-6-4-5-17(15-18)16-23-21(25)9-10-22(26)24-11-14-29-20-8-3-2-7-19(20)24/h2-8,15H,9-14,16H2,1H3,(H,23,25). The Morgan fingerprint density at radius 2 is 1.97 bits per heavy atom. The Hall–Kier alpha value is -2.51. The molecule has 0 bridgehead atoms.